The van der Waals surface area contributed by atoms with Crippen molar-refractivity contribution in [2.45, 2.75) is 19.8 Å². The van der Waals surface area contributed by atoms with Gasteiger partial charge in [-0.2, -0.15) is 0 Å². The molecule has 0 bridgehead atoms. The molecule has 0 aromatic heterocycles. The van der Waals surface area contributed by atoms with Crippen LogP contribution in [0, 0.1) is 5.92 Å². The van der Waals surface area contributed by atoms with Crippen molar-refractivity contribution in [3.63, 3.8) is 0 Å². The first-order valence-electron chi connectivity index (χ1n) is 7.88. The van der Waals surface area contributed by atoms with Crippen LogP contribution in [0.15, 0.2) is 18.2 Å². The number of benzene rings is 1. The third-order valence-electron chi connectivity index (χ3n) is 4.49. The second-order valence-electron chi connectivity index (χ2n) is 6.18. The largest absolute Gasteiger partial charge is 0.482 e. The van der Waals surface area contributed by atoms with Crippen LogP contribution in [-0.4, -0.2) is 49.2 Å². The van der Waals surface area contributed by atoms with E-state index in [4.69, 9.17) is 4.74 Å². The van der Waals surface area contributed by atoms with E-state index in [1.165, 1.54) is 4.90 Å². The normalized spacial score (nSPS) is 18.4. The van der Waals surface area contributed by atoms with Gasteiger partial charge in [-0.25, -0.2) is 0 Å². The lowest BCUT2D eigenvalue weighted by Gasteiger charge is -2.34. The first kappa shape index (κ1) is 15.5. The monoisotopic (exact) mass is 316 g/mol. The molecule has 3 rings (SSSR count). The molecule has 0 N–H and O–H groups in total. The summed E-state index contributed by atoms with van der Waals surface area (Å²) in [6.45, 7) is 3.56. The number of carbonyl (C=O) groups is 3. The fraction of sp³-hybridized carbons (Fsp3) is 0.471. The van der Waals surface area contributed by atoms with Crippen LogP contribution < -0.4 is 9.64 Å². The zero-order valence-electron chi connectivity index (χ0n) is 13.2. The van der Waals surface area contributed by atoms with Gasteiger partial charge < -0.3 is 9.64 Å². The molecular weight excluding hydrogens is 296 g/mol. The number of fused-ring (bicyclic) bond motifs is 1. The van der Waals surface area contributed by atoms with Gasteiger partial charge in [-0.3, -0.25) is 19.3 Å². The van der Waals surface area contributed by atoms with Crippen LogP contribution in [0.2, 0.25) is 0 Å². The van der Waals surface area contributed by atoms with Crippen LogP contribution >= 0.6 is 0 Å². The maximum atomic E-state index is 12.5. The summed E-state index contributed by atoms with van der Waals surface area (Å²) in [6.07, 6.45) is 2.70. The summed E-state index contributed by atoms with van der Waals surface area (Å²) < 4.78 is 5.37. The maximum absolute atomic E-state index is 12.5. The van der Waals surface area contributed by atoms with E-state index in [-0.39, 0.29) is 25.0 Å². The van der Waals surface area contributed by atoms with Crippen LogP contribution in [-0.2, 0) is 9.59 Å². The van der Waals surface area contributed by atoms with Gasteiger partial charge in [0.1, 0.15) is 18.6 Å². The molecule has 6 heteroatoms. The number of piperidine rings is 1. The third kappa shape index (κ3) is 3.21. The number of anilines is 1. The van der Waals surface area contributed by atoms with Gasteiger partial charge in [0.2, 0.25) is 5.91 Å². The van der Waals surface area contributed by atoms with Gasteiger partial charge in [-0.1, -0.05) is 6.92 Å². The minimum absolute atomic E-state index is 0.00805. The highest BCUT2D eigenvalue weighted by molar-refractivity contribution is 6.02. The second kappa shape index (κ2) is 6.40. The van der Waals surface area contributed by atoms with Gasteiger partial charge in [-0.15, -0.1) is 0 Å². The number of likely N-dealkylation sites (tertiary alicyclic amines) is 1. The predicted molar refractivity (Wildman–Crippen MR) is 84.7 cm³/mol. The number of rotatable bonds is 3. The Hall–Kier alpha value is -2.37. The smallest absolute Gasteiger partial charge is 0.265 e. The standard InChI is InChI=1S/C17H20N2O4/c1-12-4-6-18(7-5-12)16(21)9-19-14-8-13(10-20)2-3-15(14)23-11-17(19)22/h2-3,8,10,12H,4-7,9,11H2,1H3. The fourth-order valence-corrected chi connectivity index (χ4v) is 2.96. The van der Waals surface area contributed by atoms with Crippen molar-refractivity contribution in [2.75, 3.05) is 31.1 Å². The second-order valence-corrected chi connectivity index (χ2v) is 6.18. The zero-order chi connectivity index (χ0) is 16.4. The van der Waals surface area contributed by atoms with Gasteiger partial charge >= 0.3 is 0 Å². The van der Waals surface area contributed by atoms with Crippen LogP contribution in [0.3, 0.4) is 0 Å². The lowest BCUT2D eigenvalue weighted by atomic mass is 9.99. The van der Waals surface area contributed by atoms with Crippen molar-refractivity contribution in [1.82, 2.24) is 4.90 Å². The average Bonchev–Trinajstić information content (AvgIpc) is 2.57. The molecule has 0 aliphatic carbocycles. The Kier molecular flexibility index (Phi) is 4.32. The van der Waals surface area contributed by atoms with Crippen molar-refractivity contribution >= 4 is 23.8 Å². The molecule has 0 atom stereocenters. The molecule has 0 saturated carbocycles. The quantitative estimate of drug-likeness (QED) is 0.792. The highest BCUT2D eigenvalue weighted by atomic mass is 16.5. The van der Waals surface area contributed by atoms with E-state index >= 15 is 0 Å². The van der Waals surface area contributed by atoms with E-state index in [1.54, 1.807) is 18.2 Å². The molecule has 0 radical (unpaired) electrons. The number of nitrogens with zero attached hydrogens (tertiary/aromatic N) is 2. The summed E-state index contributed by atoms with van der Waals surface area (Å²) in [4.78, 5) is 38.9. The van der Waals surface area contributed by atoms with Crippen molar-refractivity contribution in [1.29, 1.82) is 0 Å². The number of hydrogen-bond acceptors (Lipinski definition) is 4. The number of hydrogen-bond donors (Lipinski definition) is 0. The molecule has 2 aliphatic heterocycles. The van der Waals surface area contributed by atoms with Crippen molar-refractivity contribution in [3.8, 4) is 5.75 Å². The maximum Gasteiger partial charge on any atom is 0.265 e. The highest BCUT2D eigenvalue weighted by Crippen LogP contribution is 2.32. The van der Waals surface area contributed by atoms with E-state index in [9.17, 15) is 14.4 Å². The number of aldehydes is 1. The minimum Gasteiger partial charge on any atom is -0.482 e. The van der Waals surface area contributed by atoms with Gasteiger partial charge in [0.25, 0.3) is 5.91 Å². The molecule has 1 aromatic carbocycles. The van der Waals surface area contributed by atoms with E-state index < -0.39 is 0 Å². The van der Waals surface area contributed by atoms with Gasteiger partial charge in [0.05, 0.1) is 5.69 Å². The average molecular weight is 316 g/mol. The molecule has 1 saturated heterocycles. The van der Waals surface area contributed by atoms with E-state index in [0.717, 1.165) is 25.9 Å². The molecule has 1 aromatic rings. The Balaban J connectivity index is 1.78. The summed E-state index contributed by atoms with van der Waals surface area (Å²) in [6, 6.07) is 4.88. The third-order valence-corrected chi connectivity index (χ3v) is 4.49. The molecule has 23 heavy (non-hydrogen) atoms. The summed E-state index contributed by atoms with van der Waals surface area (Å²) in [5.41, 5.74) is 0.941. The SMILES string of the molecule is CC1CCN(C(=O)CN2C(=O)COc3ccc(C=O)cc32)CC1. The number of amides is 2. The highest BCUT2D eigenvalue weighted by Gasteiger charge is 2.30. The molecule has 0 spiro atoms. The summed E-state index contributed by atoms with van der Waals surface area (Å²) >= 11 is 0. The fourth-order valence-electron chi connectivity index (χ4n) is 2.96. The molecular formula is C17H20N2O4. The molecule has 122 valence electrons. The Morgan fingerprint density at radius 2 is 2.09 bits per heavy atom. The first-order chi connectivity index (χ1) is 11.1. The predicted octanol–water partition coefficient (Wildman–Crippen LogP) is 1.48. The van der Waals surface area contributed by atoms with E-state index in [2.05, 4.69) is 6.92 Å². The van der Waals surface area contributed by atoms with Gasteiger partial charge in [-0.05, 0) is 37.0 Å². The Labute approximate surface area is 135 Å². The van der Waals surface area contributed by atoms with Crippen LogP contribution in [0.1, 0.15) is 30.1 Å². The van der Waals surface area contributed by atoms with Crippen molar-refractivity contribution in [3.05, 3.63) is 23.8 Å². The molecule has 2 heterocycles. The molecule has 2 aliphatic rings. The lowest BCUT2D eigenvalue weighted by molar-refractivity contribution is -0.133. The topological polar surface area (TPSA) is 66.9 Å². The number of carbonyl (C=O) groups excluding carboxylic acids is 3. The van der Waals surface area contributed by atoms with Crippen LogP contribution in [0.25, 0.3) is 0 Å². The first-order valence-corrected chi connectivity index (χ1v) is 7.88. The number of ether oxygens (including phenoxy) is 1. The zero-order valence-corrected chi connectivity index (χ0v) is 13.2. The van der Waals surface area contributed by atoms with Crippen LogP contribution in [0.5, 0.6) is 5.75 Å². The van der Waals surface area contributed by atoms with E-state index in [1.807, 2.05) is 4.90 Å². The molecule has 6 nitrogen and oxygen atoms in total. The summed E-state index contributed by atoms with van der Waals surface area (Å²) in [5.74, 6) is 0.837. The minimum atomic E-state index is -0.265. The molecule has 0 unspecified atom stereocenters. The van der Waals surface area contributed by atoms with Gasteiger partial charge in [0.15, 0.2) is 6.61 Å². The Morgan fingerprint density at radius 3 is 2.78 bits per heavy atom. The lowest BCUT2D eigenvalue weighted by Crippen LogP contribution is -2.48. The summed E-state index contributed by atoms with van der Waals surface area (Å²) in [5, 5.41) is 0. The van der Waals surface area contributed by atoms with Crippen molar-refractivity contribution in [2.24, 2.45) is 5.92 Å². The molecule has 1 fully saturated rings. The Bertz CT molecular complexity index is 635. The van der Waals surface area contributed by atoms with E-state index in [0.29, 0.717) is 29.2 Å². The van der Waals surface area contributed by atoms with Crippen molar-refractivity contribution < 1.29 is 19.1 Å². The Morgan fingerprint density at radius 1 is 1.35 bits per heavy atom. The van der Waals surface area contributed by atoms with Gasteiger partial charge in [0, 0.05) is 18.7 Å². The summed E-state index contributed by atoms with van der Waals surface area (Å²) in [7, 11) is 0. The van der Waals surface area contributed by atoms with Crippen LogP contribution in [0.4, 0.5) is 5.69 Å². The molecule has 2 amide bonds.